The third-order valence-electron chi connectivity index (χ3n) is 2.25. The van der Waals surface area contributed by atoms with Gasteiger partial charge < -0.3 is 4.74 Å². The molecule has 17 heavy (non-hydrogen) atoms. The van der Waals surface area contributed by atoms with Crippen LogP contribution >= 0.6 is 11.6 Å². The molecule has 0 heterocycles. The van der Waals surface area contributed by atoms with Crippen molar-refractivity contribution in [3.63, 3.8) is 0 Å². The first-order chi connectivity index (χ1) is 8.19. The highest BCUT2D eigenvalue weighted by Gasteiger charge is 2.08. The van der Waals surface area contributed by atoms with E-state index in [-0.39, 0.29) is 10.8 Å². The average molecular weight is 248 g/mol. The first kappa shape index (κ1) is 11.6. The molecule has 0 N–H and O–H groups in total. The summed E-state index contributed by atoms with van der Waals surface area (Å²) in [7, 11) is 1.61. The molecule has 0 amide bonds. The summed E-state index contributed by atoms with van der Waals surface area (Å²) in [6, 6.07) is 7.31. The minimum atomic E-state index is -0.194. The fourth-order valence-corrected chi connectivity index (χ4v) is 1.54. The molecule has 86 valence electrons. The Morgan fingerprint density at radius 2 is 1.88 bits per heavy atom. The number of ketones is 1. The molecule has 4 heteroatoms. The monoisotopic (exact) mass is 247 g/mol. The number of carbonyl (C=O) groups excluding carboxylic acids is 1. The van der Waals surface area contributed by atoms with Crippen molar-refractivity contribution in [3.05, 3.63) is 47.5 Å². The molecule has 0 saturated carbocycles. The van der Waals surface area contributed by atoms with Crippen LogP contribution in [0, 0.1) is 0 Å². The normalized spacial score (nSPS) is 17.2. The summed E-state index contributed by atoms with van der Waals surface area (Å²) in [6.45, 7) is 0. The lowest BCUT2D eigenvalue weighted by molar-refractivity contribution is -0.110. The summed E-state index contributed by atoms with van der Waals surface area (Å²) in [4.78, 5) is 15.5. The van der Waals surface area contributed by atoms with E-state index >= 15 is 0 Å². The van der Waals surface area contributed by atoms with Crippen molar-refractivity contribution in [1.29, 1.82) is 0 Å². The molecule has 0 aliphatic heterocycles. The van der Waals surface area contributed by atoms with Gasteiger partial charge in [-0.3, -0.25) is 4.79 Å². The number of hydrogen-bond acceptors (Lipinski definition) is 3. The Bertz CT molecular complexity index is 527. The number of carbonyl (C=O) groups is 1. The Kier molecular flexibility index (Phi) is 3.40. The maximum atomic E-state index is 11.1. The maximum Gasteiger partial charge on any atom is 0.197 e. The minimum absolute atomic E-state index is 0.180. The molecule has 1 aliphatic rings. The van der Waals surface area contributed by atoms with E-state index < -0.39 is 0 Å². The van der Waals surface area contributed by atoms with Crippen molar-refractivity contribution in [2.45, 2.75) is 0 Å². The standard InChI is InChI=1S/C13H10ClNO2/c1-17-11-5-2-9(3-6-11)15-10-4-7-13(16)12(14)8-10/h2-8H,1H3. The van der Waals surface area contributed by atoms with Crippen molar-refractivity contribution in [2.24, 2.45) is 4.99 Å². The van der Waals surface area contributed by atoms with Gasteiger partial charge in [-0.15, -0.1) is 0 Å². The predicted molar refractivity (Wildman–Crippen MR) is 68.2 cm³/mol. The smallest absolute Gasteiger partial charge is 0.197 e. The predicted octanol–water partition coefficient (Wildman–Crippen LogP) is 3.03. The number of aliphatic imine (C=N–C) groups is 1. The van der Waals surface area contributed by atoms with Crippen LogP contribution < -0.4 is 4.74 Å². The van der Waals surface area contributed by atoms with Gasteiger partial charge in [-0.05, 0) is 42.5 Å². The molecule has 1 aromatic rings. The third kappa shape index (κ3) is 2.82. The molecule has 3 nitrogen and oxygen atoms in total. The van der Waals surface area contributed by atoms with Crippen LogP contribution in [-0.2, 0) is 4.79 Å². The van der Waals surface area contributed by atoms with Crippen molar-refractivity contribution in [3.8, 4) is 5.75 Å². The lowest BCUT2D eigenvalue weighted by Gasteiger charge is -2.03. The van der Waals surface area contributed by atoms with Crippen molar-refractivity contribution in [1.82, 2.24) is 0 Å². The van der Waals surface area contributed by atoms with Crippen molar-refractivity contribution < 1.29 is 9.53 Å². The zero-order chi connectivity index (χ0) is 12.3. The van der Waals surface area contributed by atoms with Gasteiger partial charge in [0.1, 0.15) is 5.75 Å². The molecular formula is C13H10ClNO2. The Morgan fingerprint density at radius 3 is 2.47 bits per heavy atom. The molecule has 0 radical (unpaired) electrons. The number of allylic oxidation sites excluding steroid dienone is 4. The molecule has 1 aromatic carbocycles. The van der Waals surface area contributed by atoms with Gasteiger partial charge in [0.25, 0.3) is 0 Å². The van der Waals surface area contributed by atoms with Crippen LogP contribution in [-0.4, -0.2) is 18.6 Å². The van der Waals surface area contributed by atoms with E-state index in [1.54, 1.807) is 19.3 Å². The summed E-state index contributed by atoms with van der Waals surface area (Å²) in [5.41, 5.74) is 1.43. The van der Waals surface area contributed by atoms with Crippen LogP contribution in [0.3, 0.4) is 0 Å². The topological polar surface area (TPSA) is 38.7 Å². The Hall–Kier alpha value is -1.87. The van der Waals surface area contributed by atoms with Gasteiger partial charge in [-0.2, -0.15) is 0 Å². The highest BCUT2D eigenvalue weighted by Crippen LogP contribution is 2.19. The quantitative estimate of drug-likeness (QED) is 0.754. The SMILES string of the molecule is COc1ccc(N=C2C=CC(=O)C(Cl)=C2)cc1. The van der Waals surface area contributed by atoms with Gasteiger partial charge in [0, 0.05) is 0 Å². The molecule has 0 atom stereocenters. The lowest BCUT2D eigenvalue weighted by Crippen LogP contribution is -2.03. The maximum absolute atomic E-state index is 11.1. The summed E-state index contributed by atoms with van der Waals surface area (Å²) >= 11 is 5.74. The second-order valence-electron chi connectivity index (χ2n) is 3.42. The van der Waals surface area contributed by atoms with E-state index in [4.69, 9.17) is 16.3 Å². The van der Waals surface area contributed by atoms with Crippen LogP contribution in [0.15, 0.2) is 52.5 Å². The zero-order valence-electron chi connectivity index (χ0n) is 9.18. The fraction of sp³-hybridized carbons (Fsp3) is 0.0769. The minimum Gasteiger partial charge on any atom is -0.497 e. The molecular weight excluding hydrogens is 238 g/mol. The number of hydrogen-bond donors (Lipinski definition) is 0. The lowest BCUT2D eigenvalue weighted by atomic mass is 10.1. The van der Waals surface area contributed by atoms with Gasteiger partial charge in [0.2, 0.25) is 0 Å². The highest BCUT2D eigenvalue weighted by atomic mass is 35.5. The van der Waals surface area contributed by atoms with Crippen molar-refractivity contribution >= 4 is 28.8 Å². The molecule has 0 aromatic heterocycles. The van der Waals surface area contributed by atoms with Gasteiger partial charge in [-0.25, -0.2) is 4.99 Å². The van der Waals surface area contributed by atoms with Crippen molar-refractivity contribution in [2.75, 3.05) is 7.11 Å². The van der Waals surface area contributed by atoms with E-state index in [0.717, 1.165) is 11.4 Å². The molecule has 0 unspecified atom stereocenters. The second kappa shape index (κ2) is 4.97. The Labute approximate surface area is 104 Å². The van der Waals surface area contributed by atoms with Crippen LogP contribution in [0.2, 0.25) is 0 Å². The van der Waals surface area contributed by atoms with E-state index in [1.165, 1.54) is 6.08 Å². The van der Waals surface area contributed by atoms with E-state index in [2.05, 4.69) is 4.99 Å². The van der Waals surface area contributed by atoms with Crippen LogP contribution in [0.5, 0.6) is 5.75 Å². The van der Waals surface area contributed by atoms with E-state index in [1.807, 2.05) is 24.3 Å². The Balaban J connectivity index is 2.25. The summed E-state index contributed by atoms with van der Waals surface area (Å²) < 4.78 is 5.05. The summed E-state index contributed by atoms with van der Waals surface area (Å²) in [5, 5.41) is 0.180. The first-order valence-corrected chi connectivity index (χ1v) is 5.39. The zero-order valence-corrected chi connectivity index (χ0v) is 9.94. The first-order valence-electron chi connectivity index (χ1n) is 5.01. The van der Waals surface area contributed by atoms with E-state index in [0.29, 0.717) is 5.71 Å². The highest BCUT2D eigenvalue weighted by molar-refractivity contribution is 6.47. The number of halogens is 1. The second-order valence-corrected chi connectivity index (χ2v) is 3.83. The number of benzene rings is 1. The fourth-order valence-electron chi connectivity index (χ4n) is 1.37. The van der Waals surface area contributed by atoms with Gasteiger partial charge in [-0.1, -0.05) is 11.6 Å². The third-order valence-corrected chi connectivity index (χ3v) is 2.54. The molecule has 1 aliphatic carbocycles. The number of methoxy groups -OCH3 is 1. The number of nitrogens with zero attached hydrogens (tertiary/aromatic N) is 1. The van der Waals surface area contributed by atoms with Gasteiger partial charge >= 0.3 is 0 Å². The molecule has 0 saturated heterocycles. The number of ether oxygens (including phenoxy) is 1. The van der Waals surface area contributed by atoms with Gasteiger partial charge in [0.05, 0.1) is 23.5 Å². The molecule has 0 fully saturated rings. The summed E-state index contributed by atoms with van der Waals surface area (Å²) in [5.74, 6) is 0.581. The largest absolute Gasteiger partial charge is 0.497 e. The van der Waals surface area contributed by atoms with Crippen LogP contribution in [0.25, 0.3) is 0 Å². The van der Waals surface area contributed by atoms with Crippen LogP contribution in [0.1, 0.15) is 0 Å². The van der Waals surface area contributed by atoms with Gasteiger partial charge in [0.15, 0.2) is 5.78 Å². The average Bonchev–Trinajstić information content (AvgIpc) is 2.35. The Morgan fingerprint density at radius 1 is 1.18 bits per heavy atom. The molecule has 0 bridgehead atoms. The van der Waals surface area contributed by atoms with E-state index in [9.17, 15) is 4.79 Å². The summed E-state index contributed by atoms with van der Waals surface area (Å²) in [6.07, 6.45) is 4.59. The number of rotatable bonds is 2. The molecule has 0 spiro atoms. The molecule has 2 rings (SSSR count). The van der Waals surface area contributed by atoms with Crippen LogP contribution in [0.4, 0.5) is 5.69 Å².